The molecule has 11 heavy (non-hydrogen) atoms. The van der Waals surface area contributed by atoms with Gasteiger partial charge in [-0.3, -0.25) is 9.78 Å². The van der Waals surface area contributed by atoms with Gasteiger partial charge < -0.3 is 10.3 Å². The lowest BCUT2D eigenvalue weighted by Gasteiger charge is -1.99. The molecule has 1 heterocycles. The summed E-state index contributed by atoms with van der Waals surface area (Å²) in [5, 5.41) is 17.6. The zero-order valence-corrected chi connectivity index (χ0v) is 5.66. The standard InChI is InChI=1S/C5H6N2O4/c1-2-3(8)6-5(10)7(11)4(2)9/h9,11H,1H3,(H,6,8,10). The summed E-state index contributed by atoms with van der Waals surface area (Å²) < 4.78 is -0.0310. The van der Waals surface area contributed by atoms with Gasteiger partial charge in [0.05, 0.1) is 5.56 Å². The Labute approximate surface area is 60.3 Å². The molecular weight excluding hydrogens is 152 g/mol. The SMILES string of the molecule is Cc1c(O)n(O)c(=O)[nH]c1=O. The highest BCUT2D eigenvalue weighted by atomic mass is 16.5. The van der Waals surface area contributed by atoms with Gasteiger partial charge in [-0.2, -0.15) is 0 Å². The molecule has 0 aliphatic carbocycles. The van der Waals surface area contributed by atoms with Crippen LogP contribution in [0.15, 0.2) is 9.59 Å². The third kappa shape index (κ3) is 0.977. The van der Waals surface area contributed by atoms with Crippen LogP contribution in [0.25, 0.3) is 0 Å². The third-order valence-electron chi connectivity index (χ3n) is 1.29. The monoisotopic (exact) mass is 158 g/mol. The van der Waals surface area contributed by atoms with E-state index < -0.39 is 17.1 Å². The normalized spacial score (nSPS) is 9.91. The lowest BCUT2D eigenvalue weighted by molar-refractivity contribution is 0.137. The Morgan fingerprint density at radius 3 is 2.55 bits per heavy atom. The fourth-order valence-corrected chi connectivity index (χ4v) is 0.600. The summed E-state index contributed by atoms with van der Waals surface area (Å²) in [6.07, 6.45) is 0. The molecule has 1 aromatic rings. The lowest BCUT2D eigenvalue weighted by Crippen LogP contribution is -2.29. The molecule has 0 amide bonds. The summed E-state index contributed by atoms with van der Waals surface area (Å²) in [5.41, 5.74) is -1.87. The molecule has 0 radical (unpaired) electrons. The van der Waals surface area contributed by atoms with Gasteiger partial charge in [0, 0.05) is 0 Å². The van der Waals surface area contributed by atoms with Gasteiger partial charge in [0.2, 0.25) is 5.88 Å². The van der Waals surface area contributed by atoms with Crippen molar-refractivity contribution >= 4 is 0 Å². The highest BCUT2D eigenvalue weighted by Crippen LogP contribution is 2.03. The largest absolute Gasteiger partial charge is 0.492 e. The number of aromatic amines is 1. The van der Waals surface area contributed by atoms with Crippen LogP contribution in [0.4, 0.5) is 0 Å². The maximum Gasteiger partial charge on any atom is 0.364 e. The zero-order valence-electron chi connectivity index (χ0n) is 5.66. The van der Waals surface area contributed by atoms with Gasteiger partial charge >= 0.3 is 5.69 Å². The molecule has 1 rings (SSSR count). The topological polar surface area (TPSA) is 95.3 Å². The second kappa shape index (κ2) is 2.15. The molecule has 6 nitrogen and oxygen atoms in total. The van der Waals surface area contributed by atoms with E-state index in [0.717, 1.165) is 0 Å². The molecule has 0 aliphatic heterocycles. The summed E-state index contributed by atoms with van der Waals surface area (Å²) in [6, 6.07) is 0. The Bertz CT molecular complexity index is 354. The molecule has 0 aromatic carbocycles. The average Bonchev–Trinajstić information content (AvgIpc) is 1.97. The number of nitrogens with one attached hydrogen (secondary N) is 1. The first kappa shape index (κ1) is 7.39. The van der Waals surface area contributed by atoms with Crippen molar-refractivity contribution in [2.75, 3.05) is 0 Å². The molecule has 0 unspecified atom stereocenters. The quantitative estimate of drug-likeness (QED) is 0.413. The molecular formula is C5H6N2O4. The Hall–Kier alpha value is -1.72. The number of H-pyrrole nitrogens is 1. The van der Waals surface area contributed by atoms with Gasteiger partial charge in [-0.15, -0.1) is 0 Å². The summed E-state index contributed by atoms with van der Waals surface area (Å²) >= 11 is 0. The summed E-state index contributed by atoms with van der Waals surface area (Å²) in [6.45, 7) is 1.28. The smallest absolute Gasteiger partial charge is 0.364 e. The maximum atomic E-state index is 10.7. The number of aromatic nitrogens is 2. The zero-order chi connectivity index (χ0) is 8.59. The van der Waals surface area contributed by atoms with Gasteiger partial charge in [-0.05, 0) is 6.92 Å². The van der Waals surface area contributed by atoms with Crippen molar-refractivity contribution in [1.29, 1.82) is 0 Å². The van der Waals surface area contributed by atoms with Crippen LogP contribution in [0.1, 0.15) is 5.56 Å². The Morgan fingerprint density at radius 1 is 1.45 bits per heavy atom. The van der Waals surface area contributed by atoms with E-state index in [0.29, 0.717) is 0 Å². The number of hydrogen-bond donors (Lipinski definition) is 3. The average molecular weight is 158 g/mol. The first-order valence-electron chi connectivity index (χ1n) is 2.78. The van der Waals surface area contributed by atoms with Crippen LogP contribution in [0.3, 0.4) is 0 Å². The van der Waals surface area contributed by atoms with Gasteiger partial charge in [0.1, 0.15) is 0 Å². The van der Waals surface area contributed by atoms with E-state index in [1.807, 2.05) is 0 Å². The van der Waals surface area contributed by atoms with Crippen LogP contribution in [0.2, 0.25) is 0 Å². The third-order valence-corrected chi connectivity index (χ3v) is 1.29. The molecule has 0 saturated heterocycles. The predicted molar refractivity (Wildman–Crippen MR) is 34.9 cm³/mol. The van der Waals surface area contributed by atoms with Crippen molar-refractivity contribution in [2.45, 2.75) is 6.92 Å². The van der Waals surface area contributed by atoms with Crippen molar-refractivity contribution in [3.63, 3.8) is 0 Å². The van der Waals surface area contributed by atoms with Crippen molar-refractivity contribution < 1.29 is 10.3 Å². The number of rotatable bonds is 0. The van der Waals surface area contributed by atoms with Gasteiger partial charge in [0.15, 0.2) is 0 Å². The van der Waals surface area contributed by atoms with Gasteiger partial charge in [0.25, 0.3) is 5.56 Å². The predicted octanol–water partition coefficient (Wildman–Crippen LogP) is -1.21. The maximum absolute atomic E-state index is 10.7. The number of hydrogen-bond acceptors (Lipinski definition) is 4. The molecule has 0 aliphatic rings. The minimum Gasteiger partial charge on any atom is -0.492 e. The van der Waals surface area contributed by atoms with E-state index in [9.17, 15) is 9.59 Å². The highest BCUT2D eigenvalue weighted by molar-refractivity contribution is 5.18. The van der Waals surface area contributed by atoms with E-state index in [4.69, 9.17) is 10.3 Å². The van der Waals surface area contributed by atoms with Gasteiger partial charge in [-0.25, -0.2) is 4.79 Å². The Kier molecular flexibility index (Phi) is 1.45. The number of nitrogens with zero attached hydrogens (tertiary/aromatic N) is 1. The van der Waals surface area contributed by atoms with E-state index in [1.54, 1.807) is 4.98 Å². The lowest BCUT2D eigenvalue weighted by atomic mass is 10.4. The van der Waals surface area contributed by atoms with Crippen LogP contribution in [-0.4, -0.2) is 20.0 Å². The summed E-state index contributed by atoms with van der Waals surface area (Å²) in [7, 11) is 0. The molecule has 0 fully saturated rings. The summed E-state index contributed by atoms with van der Waals surface area (Å²) in [4.78, 5) is 23.0. The molecule has 0 atom stereocenters. The Morgan fingerprint density at radius 2 is 2.00 bits per heavy atom. The fraction of sp³-hybridized carbons (Fsp3) is 0.200. The van der Waals surface area contributed by atoms with Crippen LogP contribution < -0.4 is 11.2 Å². The van der Waals surface area contributed by atoms with Crippen molar-refractivity contribution in [3.05, 3.63) is 26.4 Å². The van der Waals surface area contributed by atoms with E-state index in [2.05, 4.69) is 0 Å². The molecule has 6 heteroatoms. The van der Waals surface area contributed by atoms with Crippen molar-refractivity contribution in [3.8, 4) is 5.88 Å². The van der Waals surface area contributed by atoms with Crippen molar-refractivity contribution in [1.82, 2.24) is 9.71 Å². The van der Waals surface area contributed by atoms with Crippen LogP contribution >= 0.6 is 0 Å². The van der Waals surface area contributed by atoms with Crippen molar-refractivity contribution in [2.24, 2.45) is 0 Å². The Balaban J connectivity index is 3.73. The molecule has 0 spiro atoms. The molecule has 0 saturated carbocycles. The van der Waals surface area contributed by atoms with E-state index in [-0.39, 0.29) is 10.3 Å². The first-order chi connectivity index (χ1) is 5.04. The van der Waals surface area contributed by atoms with E-state index >= 15 is 0 Å². The van der Waals surface area contributed by atoms with Crippen LogP contribution in [-0.2, 0) is 0 Å². The van der Waals surface area contributed by atoms with Crippen LogP contribution in [0.5, 0.6) is 5.88 Å². The minimum atomic E-state index is -1.06. The number of aromatic hydroxyl groups is 1. The minimum absolute atomic E-state index is 0.0310. The second-order valence-corrected chi connectivity index (χ2v) is 2.02. The molecule has 0 bridgehead atoms. The highest BCUT2D eigenvalue weighted by Gasteiger charge is 2.07. The summed E-state index contributed by atoms with van der Waals surface area (Å²) in [5.74, 6) is -0.737. The molecule has 60 valence electrons. The fourth-order valence-electron chi connectivity index (χ4n) is 0.600. The van der Waals surface area contributed by atoms with Gasteiger partial charge in [-0.1, -0.05) is 4.73 Å². The van der Waals surface area contributed by atoms with Crippen LogP contribution in [0, 0.1) is 6.92 Å². The first-order valence-corrected chi connectivity index (χ1v) is 2.78. The molecule has 3 N–H and O–H groups in total. The molecule has 1 aromatic heterocycles. The van der Waals surface area contributed by atoms with E-state index in [1.165, 1.54) is 6.92 Å². The second-order valence-electron chi connectivity index (χ2n) is 2.02.